The van der Waals surface area contributed by atoms with Gasteiger partial charge in [-0.3, -0.25) is 0 Å². The van der Waals surface area contributed by atoms with Gasteiger partial charge in [0.15, 0.2) is 0 Å². The van der Waals surface area contributed by atoms with Gasteiger partial charge < -0.3 is 10.1 Å². The molecule has 0 fully saturated rings. The molecule has 0 bridgehead atoms. The van der Waals surface area contributed by atoms with E-state index in [1.165, 1.54) is 6.07 Å². The van der Waals surface area contributed by atoms with E-state index in [0.29, 0.717) is 17.0 Å². The molecule has 0 amide bonds. The van der Waals surface area contributed by atoms with Crippen molar-refractivity contribution in [2.75, 3.05) is 12.4 Å². The Morgan fingerprint density at radius 3 is 2.53 bits per heavy atom. The molecule has 0 heterocycles. The molecular weight excluding hydrogens is 243 g/mol. The molecule has 1 atom stereocenters. The molecule has 0 aromatic heterocycles. The van der Waals surface area contributed by atoms with Gasteiger partial charge in [0.2, 0.25) is 0 Å². The van der Waals surface area contributed by atoms with E-state index in [0.717, 1.165) is 0 Å². The number of methoxy groups -OCH3 is 1. The average molecular weight is 256 g/mol. The smallest absolute Gasteiger partial charge is 0.143 e. The summed E-state index contributed by atoms with van der Waals surface area (Å²) in [5, 5.41) is 12.2. The van der Waals surface area contributed by atoms with E-state index < -0.39 is 11.9 Å². The zero-order valence-electron chi connectivity index (χ0n) is 10.4. The van der Waals surface area contributed by atoms with Gasteiger partial charge in [0.1, 0.15) is 17.6 Å². The van der Waals surface area contributed by atoms with Crippen molar-refractivity contribution >= 4 is 5.69 Å². The lowest BCUT2D eigenvalue weighted by molar-refractivity contribution is 0.416. The summed E-state index contributed by atoms with van der Waals surface area (Å²) in [5.74, 6) is 0.204. The Labute approximate surface area is 111 Å². The summed E-state index contributed by atoms with van der Waals surface area (Å²) < 4.78 is 18.9. The SMILES string of the molecule is COc1ccccc1NC(C#N)c1ccccc1F. The average Bonchev–Trinajstić information content (AvgIpc) is 2.46. The third-order valence-corrected chi connectivity index (χ3v) is 2.75. The molecule has 96 valence electrons. The molecule has 2 aromatic rings. The van der Waals surface area contributed by atoms with Gasteiger partial charge in [-0.2, -0.15) is 5.26 Å². The first-order valence-corrected chi connectivity index (χ1v) is 5.80. The molecule has 0 spiro atoms. The predicted octanol–water partition coefficient (Wildman–Crippen LogP) is 3.51. The molecule has 4 heteroatoms. The number of rotatable bonds is 4. The van der Waals surface area contributed by atoms with Crippen LogP contribution in [0, 0.1) is 17.1 Å². The number of hydrogen-bond donors (Lipinski definition) is 1. The highest BCUT2D eigenvalue weighted by molar-refractivity contribution is 5.58. The zero-order chi connectivity index (χ0) is 13.7. The minimum atomic E-state index is -0.766. The van der Waals surface area contributed by atoms with Gasteiger partial charge >= 0.3 is 0 Å². The quantitative estimate of drug-likeness (QED) is 0.910. The van der Waals surface area contributed by atoms with Gasteiger partial charge in [-0.25, -0.2) is 4.39 Å². The van der Waals surface area contributed by atoms with E-state index in [1.54, 1.807) is 37.4 Å². The third-order valence-electron chi connectivity index (χ3n) is 2.75. The van der Waals surface area contributed by atoms with Crippen LogP contribution in [0.5, 0.6) is 5.75 Å². The first-order valence-electron chi connectivity index (χ1n) is 5.80. The molecule has 2 aromatic carbocycles. The Bertz CT molecular complexity index is 607. The predicted molar refractivity (Wildman–Crippen MR) is 71.4 cm³/mol. The fraction of sp³-hybridized carbons (Fsp3) is 0.133. The van der Waals surface area contributed by atoms with Crippen LogP contribution in [0.4, 0.5) is 10.1 Å². The first kappa shape index (κ1) is 12.9. The summed E-state index contributed by atoms with van der Waals surface area (Å²) in [6.07, 6.45) is 0. The number of anilines is 1. The highest BCUT2D eigenvalue weighted by atomic mass is 19.1. The number of nitriles is 1. The lowest BCUT2D eigenvalue weighted by atomic mass is 10.1. The summed E-state index contributed by atoms with van der Waals surface area (Å²) >= 11 is 0. The van der Waals surface area contributed by atoms with Crippen LogP contribution in [0.1, 0.15) is 11.6 Å². The molecule has 0 aliphatic rings. The molecule has 0 aliphatic carbocycles. The maximum Gasteiger partial charge on any atom is 0.143 e. The van der Waals surface area contributed by atoms with Crippen LogP contribution in [-0.2, 0) is 0 Å². The molecule has 0 saturated carbocycles. The molecule has 19 heavy (non-hydrogen) atoms. The van der Waals surface area contributed by atoms with Crippen LogP contribution in [0.15, 0.2) is 48.5 Å². The van der Waals surface area contributed by atoms with E-state index in [-0.39, 0.29) is 0 Å². The maximum absolute atomic E-state index is 13.7. The minimum Gasteiger partial charge on any atom is -0.495 e. The monoisotopic (exact) mass is 256 g/mol. The van der Waals surface area contributed by atoms with E-state index in [9.17, 15) is 9.65 Å². The van der Waals surface area contributed by atoms with Crippen LogP contribution in [-0.4, -0.2) is 7.11 Å². The van der Waals surface area contributed by atoms with Crippen LogP contribution in [0.3, 0.4) is 0 Å². The molecule has 0 radical (unpaired) electrons. The van der Waals surface area contributed by atoms with E-state index >= 15 is 0 Å². The van der Waals surface area contributed by atoms with Crippen molar-refractivity contribution < 1.29 is 9.13 Å². The Morgan fingerprint density at radius 1 is 1.16 bits per heavy atom. The highest BCUT2D eigenvalue weighted by Crippen LogP contribution is 2.28. The third kappa shape index (κ3) is 2.83. The summed E-state index contributed by atoms with van der Waals surface area (Å²) in [7, 11) is 1.55. The Hall–Kier alpha value is -2.54. The van der Waals surface area contributed by atoms with Crippen molar-refractivity contribution in [3.05, 3.63) is 59.9 Å². The van der Waals surface area contributed by atoms with E-state index in [4.69, 9.17) is 4.74 Å². The van der Waals surface area contributed by atoms with Crippen molar-refractivity contribution in [2.45, 2.75) is 6.04 Å². The molecule has 1 N–H and O–H groups in total. The highest BCUT2D eigenvalue weighted by Gasteiger charge is 2.15. The zero-order valence-corrected chi connectivity index (χ0v) is 10.4. The number of nitrogens with zero attached hydrogens (tertiary/aromatic N) is 1. The number of hydrogen-bond acceptors (Lipinski definition) is 3. The Kier molecular flexibility index (Phi) is 3.99. The number of halogens is 1. The van der Waals surface area contributed by atoms with Crippen LogP contribution >= 0.6 is 0 Å². The topological polar surface area (TPSA) is 45.0 Å². The van der Waals surface area contributed by atoms with Crippen molar-refractivity contribution in [3.63, 3.8) is 0 Å². The molecule has 3 nitrogen and oxygen atoms in total. The molecule has 0 aliphatic heterocycles. The fourth-order valence-corrected chi connectivity index (χ4v) is 1.81. The fourth-order valence-electron chi connectivity index (χ4n) is 1.81. The minimum absolute atomic E-state index is 0.316. The first-order chi connectivity index (χ1) is 9.26. The largest absolute Gasteiger partial charge is 0.495 e. The van der Waals surface area contributed by atoms with Gasteiger partial charge in [0.05, 0.1) is 18.9 Å². The van der Waals surface area contributed by atoms with Crippen molar-refractivity contribution in [3.8, 4) is 11.8 Å². The summed E-state index contributed by atoms with van der Waals surface area (Å²) in [5.41, 5.74) is 0.968. The van der Waals surface area contributed by atoms with E-state index in [2.05, 4.69) is 11.4 Å². The second-order valence-corrected chi connectivity index (χ2v) is 3.93. The van der Waals surface area contributed by atoms with E-state index in [1.807, 2.05) is 12.1 Å². The van der Waals surface area contributed by atoms with Gasteiger partial charge in [0, 0.05) is 5.56 Å². The molecular formula is C15H13FN2O. The van der Waals surface area contributed by atoms with Gasteiger partial charge in [-0.1, -0.05) is 30.3 Å². The number of nitrogens with one attached hydrogen (secondary N) is 1. The van der Waals surface area contributed by atoms with Crippen LogP contribution in [0.25, 0.3) is 0 Å². The van der Waals surface area contributed by atoms with Crippen LogP contribution in [0.2, 0.25) is 0 Å². The molecule has 1 unspecified atom stereocenters. The molecule has 2 rings (SSSR count). The Morgan fingerprint density at radius 2 is 1.84 bits per heavy atom. The Balaban J connectivity index is 2.30. The number of benzene rings is 2. The van der Waals surface area contributed by atoms with Crippen LogP contribution < -0.4 is 10.1 Å². The number of para-hydroxylation sites is 2. The molecule has 0 saturated heterocycles. The van der Waals surface area contributed by atoms with Gasteiger partial charge in [-0.15, -0.1) is 0 Å². The lowest BCUT2D eigenvalue weighted by Crippen LogP contribution is -2.11. The second-order valence-electron chi connectivity index (χ2n) is 3.93. The van der Waals surface area contributed by atoms with Crippen molar-refractivity contribution in [2.24, 2.45) is 0 Å². The summed E-state index contributed by atoms with van der Waals surface area (Å²) in [6, 6.07) is 14.7. The normalized spacial score (nSPS) is 11.4. The standard InChI is InChI=1S/C15H13FN2O/c1-19-15-9-5-4-8-13(15)18-14(10-17)11-6-2-3-7-12(11)16/h2-9,14,18H,1H3. The van der Waals surface area contributed by atoms with Gasteiger partial charge in [-0.05, 0) is 18.2 Å². The lowest BCUT2D eigenvalue weighted by Gasteiger charge is -2.16. The van der Waals surface area contributed by atoms with Crippen molar-refractivity contribution in [1.29, 1.82) is 5.26 Å². The number of ether oxygens (including phenoxy) is 1. The summed E-state index contributed by atoms with van der Waals surface area (Å²) in [6.45, 7) is 0. The summed E-state index contributed by atoms with van der Waals surface area (Å²) in [4.78, 5) is 0. The van der Waals surface area contributed by atoms with Gasteiger partial charge in [0.25, 0.3) is 0 Å². The maximum atomic E-state index is 13.7. The second kappa shape index (κ2) is 5.87. The van der Waals surface area contributed by atoms with Crippen molar-refractivity contribution in [1.82, 2.24) is 0 Å².